The van der Waals surface area contributed by atoms with Crippen LogP contribution in [0, 0.1) is 0 Å². The minimum absolute atomic E-state index is 0.175. The second-order valence-electron chi connectivity index (χ2n) is 8.17. The van der Waals surface area contributed by atoms with Gasteiger partial charge in [-0.25, -0.2) is 9.48 Å². The van der Waals surface area contributed by atoms with Crippen LogP contribution < -0.4 is 21.5 Å². The molecule has 11 heteroatoms. The van der Waals surface area contributed by atoms with Crippen molar-refractivity contribution in [3.05, 3.63) is 34.2 Å². The molecule has 168 valence electrons. The summed E-state index contributed by atoms with van der Waals surface area (Å²) < 4.78 is 9.04. The number of benzene rings is 1. The van der Waals surface area contributed by atoms with E-state index in [2.05, 4.69) is 37.5 Å². The minimum atomic E-state index is -0.304. The lowest BCUT2D eigenvalue weighted by Crippen LogP contribution is -2.22. The fourth-order valence-corrected chi connectivity index (χ4v) is 3.68. The van der Waals surface area contributed by atoms with Crippen LogP contribution in [0.4, 0.5) is 5.82 Å². The Labute approximate surface area is 184 Å². The number of nitrogens with two attached hydrogens (primary N) is 1. The van der Waals surface area contributed by atoms with Crippen LogP contribution in [0.25, 0.3) is 22.2 Å². The van der Waals surface area contributed by atoms with Gasteiger partial charge in [-0.15, -0.1) is 5.10 Å². The van der Waals surface area contributed by atoms with Crippen molar-refractivity contribution in [3.8, 4) is 6.01 Å². The van der Waals surface area contributed by atoms with Gasteiger partial charge in [0.25, 0.3) is 0 Å². The number of imidazole rings is 1. The number of unbranched alkanes of at least 4 members (excludes halogenated alkanes) is 1. The Kier molecular flexibility index (Phi) is 5.48. The molecule has 0 radical (unpaired) electrons. The molecule has 11 nitrogen and oxygen atoms in total. The number of H-pyrrole nitrogens is 1. The van der Waals surface area contributed by atoms with E-state index in [1.807, 2.05) is 22.9 Å². The summed E-state index contributed by atoms with van der Waals surface area (Å²) in [6.07, 6.45) is 4.41. The standard InChI is InChI=1S/C21H27N9O2/c1-2-3-10-32-20-25-18(22)17-19(26-20)29(21(31)24-17)12-13-4-7-16-15(11-13)27-28-30(16)9-8-23-14-5-6-14/h4,7,11,14,23H,2-3,5-6,8-10,12H2,1H3,(H,24,31)(H2,22,25,26). The van der Waals surface area contributed by atoms with Crippen LogP contribution >= 0.6 is 0 Å². The molecule has 0 unspecified atom stereocenters. The topological polar surface area (TPSA) is 142 Å². The zero-order valence-corrected chi connectivity index (χ0v) is 18.0. The van der Waals surface area contributed by atoms with Gasteiger partial charge < -0.3 is 20.8 Å². The SMILES string of the molecule is CCCCOc1nc(N)c2[nH]c(=O)n(Cc3ccc4c(c3)nnn4CCNC3CC3)c2n1. The predicted molar refractivity (Wildman–Crippen MR) is 121 cm³/mol. The summed E-state index contributed by atoms with van der Waals surface area (Å²) in [6, 6.07) is 6.76. The molecule has 3 aromatic heterocycles. The monoisotopic (exact) mass is 437 g/mol. The van der Waals surface area contributed by atoms with Crippen molar-refractivity contribution in [2.24, 2.45) is 0 Å². The molecule has 32 heavy (non-hydrogen) atoms. The van der Waals surface area contributed by atoms with Crippen LogP contribution in [0.15, 0.2) is 23.0 Å². The lowest BCUT2D eigenvalue weighted by atomic mass is 10.2. The smallest absolute Gasteiger partial charge is 0.328 e. The van der Waals surface area contributed by atoms with Gasteiger partial charge in [0.1, 0.15) is 11.0 Å². The van der Waals surface area contributed by atoms with Gasteiger partial charge in [0.15, 0.2) is 11.5 Å². The summed E-state index contributed by atoms with van der Waals surface area (Å²) in [5.41, 5.74) is 9.23. The molecule has 1 aliphatic rings. The van der Waals surface area contributed by atoms with Crippen molar-refractivity contribution in [3.63, 3.8) is 0 Å². The number of nitrogen functional groups attached to an aromatic ring is 1. The van der Waals surface area contributed by atoms with Crippen molar-refractivity contribution >= 4 is 28.0 Å². The van der Waals surface area contributed by atoms with Gasteiger partial charge in [0.05, 0.1) is 25.2 Å². The quantitative estimate of drug-likeness (QED) is 0.316. The maximum atomic E-state index is 12.6. The normalized spacial score (nSPS) is 13.9. The predicted octanol–water partition coefficient (Wildman–Crippen LogP) is 1.43. The average molecular weight is 438 g/mol. The van der Waals surface area contributed by atoms with Gasteiger partial charge in [-0.05, 0) is 37.0 Å². The summed E-state index contributed by atoms with van der Waals surface area (Å²) in [7, 11) is 0. The summed E-state index contributed by atoms with van der Waals surface area (Å²) >= 11 is 0. The molecule has 4 aromatic rings. The number of ether oxygens (including phenoxy) is 1. The molecule has 1 aromatic carbocycles. The number of hydrogen-bond acceptors (Lipinski definition) is 8. The van der Waals surface area contributed by atoms with Crippen LogP contribution in [0.2, 0.25) is 0 Å². The molecular formula is C21H27N9O2. The molecule has 0 amide bonds. The molecule has 1 aliphatic carbocycles. The third kappa shape index (κ3) is 4.15. The number of nitrogens with one attached hydrogen (secondary N) is 2. The van der Waals surface area contributed by atoms with Crippen molar-refractivity contribution in [2.45, 2.75) is 51.7 Å². The number of hydrogen-bond donors (Lipinski definition) is 3. The number of nitrogens with zero attached hydrogens (tertiary/aromatic N) is 6. The Balaban J connectivity index is 1.39. The Hall–Kier alpha value is -3.47. The molecule has 0 atom stereocenters. The maximum Gasteiger partial charge on any atom is 0.328 e. The summed E-state index contributed by atoms with van der Waals surface area (Å²) in [5.74, 6) is 0.190. The first-order valence-electron chi connectivity index (χ1n) is 11.1. The molecule has 0 spiro atoms. The van der Waals surface area contributed by atoms with Gasteiger partial charge in [-0.3, -0.25) is 4.57 Å². The average Bonchev–Trinajstić information content (AvgIpc) is 3.44. The van der Waals surface area contributed by atoms with Crippen molar-refractivity contribution in [2.75, 3.05) is 18.9 Å². The van der Waals surface area contributed by atoms with E-state index in [1.165, 1.54) is 17.4 Å². The highest BCUT2D eigenvalue weighted by Gasteiger charge is 2.20. The van der Waals surface area contributed by atoms with E-state index < -0.39 is 0 Å². The summed E-state index contributed by atoms with van der Waals surface area (Å²) in [6.45, 7) is 4.53. The Morgan fingerprint density at radius 2 is 2.19 bits per heavy atom. The molecule has 0 bridgehead atoms. The molecule has 5 rings (SSSR count). The van der Waals surface area contributed by atoms with E-state index in [1.54, 1.807) is 0 Å². The summed E-state index contributed by atoms with van der Waals surface area (Å²) in [5, 5.41) is 12.1. The fourth-order valence-electron chi connectivity index (χ4n) is 3.68. The van der Waals surface area contributed by atoms with Gasteiger partial charge in [0.2, 0.25) is 0 Å². The molecular weight excluding hydrogens is 410 g/mol. The first kappa shape index (κ1) is 20.4. The minimum Gasteiger partial charge on any atom is -0.463 e. The van der Waals surface area contributed by atoms with Crippen LogP contribution in [-0.2, 0) is 13.1 Å². The van der Waals surface area contributed by atoms with Gasteiger partial charge in [-0.1, -0.05) is 24.6 Å². The van der Waals surface area contributed by atoms with E-state index >= 15 is 0 Å². The van der Waals surface area contributed by atoms with Crippen LogP contribution in [0.1, 0.15) is 38.2 Å². The number of fused-ring (bicyclic) bond motifs is 2. The molecule has 4 N–H and O–H groups in total. The maximum absolute atomic E-state index is 12.6. The van der Waals surface area contributed by atoms with E-state index in [-0.39, 0.29) is 17.5 Å². The van der Waals surface area contributed by atoms with Crippen LogP contribution in [-0.4, -0.2) is 53.7 Å². The highest BCUT2D eigenvalue weighted by Crippen LogP contribution is 2.21. The lowest BCUT2D eigenvalue weighted by Gasteiger charge is -2.07. The van der Waals surface area contributed by atoms with Gasteiger partial charge >= 0.3 is 11.7 Å². The molecule has 3 heterocycles. The largest absolute Gasteiger partial charge is 0.463 e. The Bertz CT molecular complexity index is 1300. The van der Waals surface area contributed by atoms with Crippen molar-refractivity contribution in [1.29, 1.82) is 0 Å². The van der Waals surface area contributed by atoms with Crippen molar-refractivity contribution < 1.29 is 4.74 Å². The highest BCUT2D eigenvalue weighted by molar-refractivity contribution is 5.82. The second-order valence-corrected chi connectivity index (χ2v) is 8.17. The van der Waals surface area contributed by atoms with Gasteiger partial charge in [0, 0.05) is 12.6 Å². The third-order valence-electron chi connectivity index (χ3n) is 5.61. The number of aromatic nitrogens is 7. The zero-order valence-electron chi connectivity index (χ0n) is 18.0. The molecule has 0 saturated heterocycles. The Morgan fingerprint density at radius 1 is 1.31 bits per heavy atom. The van der Waals surface area contributed by atoms with Gasteiger partial charge in [-0.2, -0.15) is 9.97 Å². The Morgan fingerprint density at radius 3 is 3.00 bits per heavy atom. The second kappa shape index (κ2) is 8.58. The molecule has 1 fully saturated rings. The van der Waals surface area contributed by atoms with E-state index in [0.29, 0.717) is 30.4 Å². The van der Waals surface area contributed by atoms with Crippen molar-refractivity contribution in [1.82, 2.24) is 39.8 Å². The first-order valence-corrected chi connectivity index (χ1v) is 11.1. The van der Waals surface area contributed by atoms with Crippen LogP contribution in [0.3, 0.4) is 0 Å². The highest BCUT2D eigenvalue weighted by atomic mass is 16.5. The van der Waals surface area contributed by atoms with E-state index in [4.69, 9.17) is 10.5 Å². The summed E-state index contributed by atoms with van der Waals surface area (Å²) in [4.78, 5) is 23.9. The van der Waals surface area contributed by atoms with E-state index in [9.17, 15) is 4.79 Å². The third-order valence-corrected chi connectivity index (χ3v) is 5.61. The first-order chi connectivity index (χ1) is 15.6. The zero-order chi connectivity index (χ0) is 22.1. The number of aromatic amines is 1. The van der Waals surface area contributed by atoms with E-state index in [0.717, 1.165) is 42.5 Å². The number of anilines is 1. The lowest BCUT2D eigenvalue weighted by molar-refractivity contribution is 0.286. The number of rotatable bonds is 10. The molecule has 1 saturated carbocycles. The fraction of sp³-hybridized carbons (Fsp3) is 0.476. The molecule has 0 aliphatic heterocycles. The van der Waals surface area contributed by atoms with Crippen LogP contribution in [0.5, 0.6) is 6.01 Å².